The van der Waals surface area contributed by atoms with Crippen LogP contribution in [-0.4, -0.2) is 23.4 Å². The number of nitrogens with two attached hydrogens (primary N) is 1. The molecule has 1 fully saturated rings. The van der Waals surface area contributed by atoms with E-state index in [0.29, 0.717) is 5.92 Å². The number of hydrogen-bond acceptors (Lipinski definition) is 3. The van der Waals surface area contributed by atoms with Crippen molar-refractivity contribution >= 4 is 6.09 Å². The molecule has 0 heterocycles. The van der Waals surface area contributed by atoms with Gasteiger partial charge in [0.05, 0.1) is 6.10 Å². The Morgan fingerprint density at radius 2 is 2.21 bits per heavy atom. The topological polar surface area (TPSA) is 72.6 Å². The molecule has 0 radical (unpaired) electrons. The number of hydrogen-bond donors (Lipinski definition) is 2. The number of ether oxygens (including phenoxy) is 1. The molecule has 4 heteroatoms. The van der Waals surface area contributed by atoms with Crippen LogP contribution in [0.3, 0.4) is 0 Å². The molecule has 1 aliphatic rings. The second-order valence-corrected chi connectivity index (χ2v) is 4.30. The number of carbonyl (C=O) groups excluding carboxylic acids is 1. The molecule has 3 N–H and O–H groups in total. The first-order chi connectivity index (χ1) is 6.50. The van der Waals surface area contributed by atoms with Crippen LogP contribution >= 0.6 is 0 Å². The lowest BCUT2D eigenvalue weighted by atomic mass is 9.78. The first-order valence-corrected chi connectivity index (χ1v) is 5.15. The average Bonchev–Trinajstić information content (AvgIpc) is 2.01. The van der Waals surface area contributed by atoms with Crippen LogP contribution < -0.4 is 5.73 Å². The van der Waals surface area contributed by atoms with Gasteiger partial charge in [-0.25, -0.2) is 4.79 Å². The largest absolute Gasteiger partial charge is 0.446 e. The minimum atomic E-state index is -0.741. The van der Waals surface area contributed by atoms with Crippen molar-refractivity contribution in [1.82, 2.24) is 0 Å². The molecule has 0 aromatic rings. The predicted molar refractivity (Wildman–Crippen MR) is 52.6 cm³/mol. The number of aliphatic hydroxyl groups is 1. The van der Waals surface area contributed by atoms with Gasteiger partial charge < -0.3 is 15.6 Å². The third kappa shape index (κ3) is 2.87. The maximum absolute atomic E-state index is 10.7. The van der Waals surface area contributed by atoms with Gasteiger partial charge in [0, 0.05) is 5.92 Å². The monoisotopic (exact) mass is 201 g/mol. The fourth-order valence-electron chi connectivity index (χ4n) is 2.19. The first-order valence-electron chi connectivity index (χ1n) is 5.15. The van der Waals surface area contributed by atoms with Crippen LogP contribution in [0.4, 0.5) is 4.79 Å². The van der Waals surface area contributed by atoms with Crippen LogP contribution in [0.1, 0.15) is 33.1 Å². The number of rotatable bonds is 2. The summed E-state index contributed by atoms with van der Waals surface area (Å²) in [4.78, 5) is 10.7. The van der Waals surface area contributed by atoms with Crippen molar-refractivity contribution < 1.29 is 14.6 Å². The Balaban J connectivity index is 2.58. The van der Waals surface area contributed by atoms with Crippen molar-refractivity contribution in [2.45, 2.75) is 45.3 Å². The normalized spacial score (nSPS) is 34.9. The maximum Gasteiger partial charge on any atom is 0.404 e. The Morgan fingerprint density at radius 1 is 1.57 bits per heavy atom. The summed E-state index contributed by atoms with van der Waals surface area (Å²) in [6, 6.07) is 0. The Labute approximate surface area is 84.4 Å². The molecule has 1 saturated carbocycles. The molecule has 0 spiro atoms. The van der Waals surface area contributed by atoms with E-state index in [1.54, 1.807) is 6.92 Å². The summed E-state index contributed by atoms with van der Waals surface area (Å²) in [6.45, 7) is 3.85. The molecule has 0 saturated heterocycles. The Bertz CT molecular complexity index is 206. The standard InChI is InChI=1S/C10H19NO3/c1-6-3-4-8(7(2)12)9(5-6)14-10(11)13/h6-9,12H,3-5H2,1-2H3,(H2,11,13)/t6?,7?,8-,9?/m0/s1. The molecule has 4 atom stereocenters. The van der Waals surface area contributed by atoms with Crippen molar-refractivity contribution in [1.29, 1.82) is 0 Å². The molecular weight excluding hydrogens is 182 g/mol. The average molecular weight is 201 g/mol. The van der Waals surface area contributed by atoms with Gasteiger partial charge >= 0.3 is 6.09 Å². The summed E-state index contributed by atoms with van der Waals surface area (Å²) in [6.07, 6.45) is 1.39. The molecule has 4 nitrogen and oxygen atoms in total. The second kappa shape index (κ2) is 4.64. The summed E-state index contributed by atoms with van der Waals surface area (Å²) in [5.74, 6) is 0.577. The van der Waals surface area contributed by atoms with E-state index in [9.17, 15) is 9.90 Å². The highest BCUT2D eigenvalue weighted by Crippen LogP contribution is 2.32. The minimum Gasteiger partial charge on any atom is -0.446 e. The Hall–Kier alpha value is -0.770. The summed E-state index contributed by atoms with van der Waals surface area (Å²) in [5.41, 5.74) is 4.99. The number of primary amides is 1. The molecule has 14 heavy (non-hydrogen) atoms. The van der Waals surface area contributed by atoms with E-state index in [1.165, 1.54) is 0 Å². The van der Waals surface area contributed by atoms with E-state index >= 15 is 0 Å². The zero-order valence-electron chi connectivity index (χ0n) is 8.77. The summed E-state index contributed by atoms with van der Waals surface area (Å²) in [5, 5.41) is 9.51. The van der Waals surface area contributed by atoms with E-state index in [4.69, 9.17) is 10.5 Å². The van der Waals surface area contributed by atoms with Gasteiger partial charge in [-0.3, -0.25) is 0 Å². The lowest BCUT2D eigenvalue weighted by Crippen LogP contribution is -2.39. The van der Waals surface area contributed by atoms with Crippen molar-refractivity contribution in [2.24, 2.45) is 17.6 Å². The lowest BCUT2D eigenvalue weighted by Gasteiger charge is -2.35. The van der Waals surface area contributed by atoms with Crippen molar-refractivity contribution in [3.63, 3.8) is 0 Å². The molecule has 0 aromatic carbocycles. The van der Waals surface area contributed by atoms with Gasteiger partial charge in [-0.15, -0.1) is 0 Å². The number of carbonyl (C=O) groups is 1. The molecule has 0 aliphatic heterocycles. The van der Waals surface area contributed by atoms with E-state index in [-0.39, 0.29) is 12.0 Å². The van der Waals surface area contributed by atoms with E-state index in [2.05, 4.69) is 6.92 Å². The zero-order chi connectivity index (χ0) is 10.7. The molecule has 0 bridgehead atoms. The van der Waals surface area contributed by atoms with Crippen LogP contribution in [0.5, 0.6) is 0 Å². The molecular formula is C10H19NO3. The third-order valence-corrected chi connectivity index (χ3v) is 2.99. The Kier molecular flexibility index (Phi) is 3.75. The van der Waals surface area contributed by atoms with Gasteiger partial charge in [0.2, 0.25) is 0 Å². The van der Waals surface area contributed by atoms with Crippen LogP contribution in [0.25, 0.3) is 0 Å². The quantitative estimate of drug-likeness (QED) is 0.706. The van der Waals surface area contributed by atoms with E-state index < -0.39 is 12.2 Å². The van der Waals surface area contributed by atoms with Crippen LogP contribution in [-0.2, 0) is 4.74 Å². The highest BCUT2D eigenvalue weighted by molar-refractivity contribution is 5.64. The van der Waals surface area contributed by atoms with Gasteiger partial charge in [-0.05, 0) is 25.7 Å². The van der Waals surface area contributed by atoms with Crippen molar-refractivity contribution in [2.75, 3.05) is 0 Å². The van der Waals surface area contributed by atoms with Crippen LogP contribution in [0.2, 0.25) is 0 Å². The fraction of sp³-hybridized carbons (Fsp3) is 0.900. The fourth-order valence-corrected chi connectivity index (χ4v) is 2.19. The summed E-state index contributed by atoms with van der Waals surface area (Å²) >= 11 is 0. The van der Waals surface area contributed by atoms with Crippen LogP contribution in [0, 0.1) is 11.8 Å². The summed E-state index contributed by atoms with van der Waals surface area (Å²) in [7, 11) is 0. The van der Waals surface area contributed by atoms with Crippen LogP contribution in [0.15, 0.2) is 0 Å². The van der Waals surface area contributed by atoms with Gasteiger partial charge in [0.25, 0.3) is 0 Å². The molecule has 3 unspecified atom stereocenters. The molecule has 82 valence electrons. The molecule has 1 rings (SSSR count). The van der Waals surface area contributed by atoms with Crippen molar-refractivity contribution in [3.05, 3.63) is 0 Å². The van der Waals surface area contributed by atoms with Crippen molar-refractivity contribution in [3.8, 4) is 0 Å². The lowest BCUT2D eigenvalue weighted by molar-refractivity contribution is -0.0245. The molecule has 0 aromatic heterocycles. The highest BCUT2D eigenvalue weighted by Gasteiger charge is 2.33. The third-order valence-electron chi connectivity index (χ3n) is 2.99. The van der Waals surface area contributed by atoms with Gasteiger partial charge in [0.1, 0.15) is 6.10 Å². The summed E-state index contributed by atoms with van der Waals surface area (Å²) < 4.78 is 5.01. The second-order valence-electron chi connectivity index (χ2n) is 4.30. The maximum atomic E-state index is 10.7. The number of aliphatic hydroxyl groups excluding tert-OH is 1. The van der Waals surface area contributed by atoms with Gasteiger partial charge in [-0.1, -0.05) is 13.3 Å². The predicted octanol–water partition coefficient (Wildman–Crippen LogP) is 1.27. The van der Waals surface area contributed by atoms with E-state index in [1.807, 2.05) is 0 Å². The Morgan fingerprint density at radius 3 is 2.71 bits per heavy atom. The van der Waals surface area contributed by atoms with Gasteiger partial charge in [-0.2, -0.15) is 0 Å². The minimum absolute atomic E-state index is 0.0405. The SMILES string of the molecule is CC1CC[C@@H](C(C)O)C(OC(N)=O)C1. The van der Waals surface area contributed by atoms with E-state index in [0.717, 1.165) is 19.3 Å². The highest BCUT2D eigenvalue weighted by atomic mass is 16.6. The molecule has 1 aliphatic carbocycles. The molecule has 1 amide bonds. The van der Waals surface area contributed by atoms with Gasteiger partial charge in [0.15, 0.2) is 0 Å². The first kappa shape index (κ1) is 11.3. The smallest absolute Gasteiger partial charge is 0.404 e. The number of amides is 1. The zero-order valence-corrected chi connectivity index (χ0v) is 8.77.